The van der Waals surface area contributed by atoms with Gasteiger partial charge in [0.1, 0.15) is 0 Å². The van der Waals surface area contributed by atoms with Gasteiger partial charge in [0, 0.05) is 13.1 Å². The van der Waals surface area contributed by atoms with Gasteiger partial charge in [0.05, 0.1) is 0 Å². The molecule has 0 aliphatic carbocycles. The molecule has 1 aromatic rings. The van der Waals surface area contributed by atoms with Crippen molar-refractivity contribution in [2.24, 2.45) is 5.73 Å². The largest absolute Gasteiger partial charge is 0.367 e. The second-order valence-electron chi connectivity index (χ2n) is 4.44. The third kappa shape index (κ3) is 5.94. The number of carbonyl (C=O) groups is 3. The molecule has 5 N–H and O–H groups in total. The first-order valence-corrected chi connectivity index (χ1v) is 6.70. The molecule has 1 unspecified atom stereocenters. The summed E-state index contributed by atoms with van der Waals surface area (Å²) in [5, 5.41) is 7.32. The molecule has 0 spiro atoms. The van der Waals surface area contributed by atoms with E-state index in [9.17, 15) is 14.4 Å². The summed E-state index contributed by atoms with van der Waals surface area (Å²) in [6.45, 7) is 2.59. The highest BCUT2D eigenvalue weighted by Gasteiger charge is 2.25. The Morgan fingerprint density at radius 3 is 2.38 bits per heavy atom. The molecule has 0 aliphatic heterocycles. The second-order valence-corrected chi connectivity index (χ2v) is 4.44. The van der Waals surface area contributed by atoms with Crippen LogP contribution in [0.3, 0.4) is 0 Å². The van der Waals surface area contributed by atoms with Crippen LogP contribution in [0, 0.1) is 0 Å². The van der Waals surface area contributed by atoms with Gasteiger partial charge in [0.25, 0.3) is 5.91 Å². The number of hydrogen-bond donors (Lipinski definition) is 4. The summed E-state index contributed by atoms with van der Waals surface area (Å²) in [4.78, 5) is 34.7. The monoisotopic (exact) mass is 292 g/mol. The Bertz CT molecular complexity index is 490. The number of hydrogen-bond acceptors (Lipinski definition) is 3. The van der Waals surface area contributed by atoms with Gasteiger partial charge in [-0.3, -0.25) is 9.59 Å². The molecule has 1 atom stereocenters. The Morgan fingerprint density at radius 2 is 1.81 bits per heavy atom. The summed E-state index contributed by atoms with van der Waals surface area (Å²) < 4.78 is 0. The maximum atomic E-state index is 11.9. The van der Waals surface area contributed by atoms with E-state index in [1.807, 2.05) is 37.3 Å². The predicted octanol–water partition coefficient (Wildman–Crippen LogP) is -0.134. The minimum Gasteiger partial charge on any atom is -0.367 e. The fourth-order valence-electron chi connectivity index (χ4n) is 1.57. The van der Waals surface area contributed by atoms with Crippen molar-refractivity contribution in [2.75, 3.05) is 6.54 Å². The Hall–Kier alpha value is -2.57. The highest BCUT2D eigenvalue weighted by molar-refractivity contribution is 6.06. The number of benzene rings is 1. The number of primary amides is 1. The van der Waals surface area contributed by atoms with Crippen molar-refractivity contribution in [2.45, 2.75) is 25.9 Å². The molecule has 1 rings (SSSR count). The molecule has 0 fully saturated rings. The van der Waals surface area contributed by atoms with Gasteiger partial charge in [-0.2, -0.15) is 0 Å². The molecular formula is C14H20N4O3. The molecular weight excluding hydrogens is 272 g/mol. The third-order valence-corrected chi connectivity index (χ3v) is 2.67. The van der Waals surface area contributed by atoms with E-state index < -0.39 is 23.9 Å². The summed E-state index contributed by atoms with van der Waals surface area (Å²) in [6.07, 6.45) is 0.745. The van der Waals surface area contributed by atoms with Crippen molar-refractivity contribution < 1.29 is 14.4 Å². The Labute approximate surface area is 123 Å². The number of urea groups is 1. The van der Waals surface area contributed by atoms with E-state index in [1.165, 1.54) is 0 Å². The third-order valence-electron chi connectivity index (χ3n) is 2.67. The lowest BCUT2D eigenvalue weighted by atomic mass is 10.2. The van der Waals surface area contributed by atoms with E-state index in [1.54, 1.807) is 0 Å². The second kappa shape index (κ2) is 8.57. The maximum Gasteiger partial charge on any atom is 0.315 e. The number of amides is 4. The first-order chi connectivity index (χ1) is 10.0. The summed E-state index contributed by atoms with van der Waals surface area (Å²) >= 11 is 0. The smallest absolute Gasteiger partial charge is 0.315 e. The normalized spacial score (nSPS) is 11.3. The van der Waals surface area contributed by atoms with E-state index in [2.05, 4.69) is 16.0 Å². The van der Waals surface area contributed by atoms with Crippen LogP contribution in [0.1, 0.15) is 18.9 Å². The van der Waals surface area contributed by atoms with Crippen molar-refractivity contribution in [3.63, 3.8) is 0 Å². The zero-order valence-corrected chi connectivity index (χ0v) is 11.9. The van der Waals surface area contributed by atoms with Gasteiger partial charge in [-0.1, -0.05) is 37.3 Å². The molecule has 0 aromatic heterocycles. The van der Waals surface area contributed by atoms with Crippen molar-refractivity contribution >= 4 is 17.8 Å². The molecule has 4 amide bonds. The molecule has 0 radical (unpaired) electrons. The molecule has 114 valence electrons. The minimum atomic E-state index is -1.40. The Morgan fingerprint density at radius 1 is 1.14 bits per heavy atom. The quantitative estimate of drug-likeness (QED) is 0.525. The lowest BCUT2D eigenvalue weighted by Crippen LogP contribution is -2.56. The van der Waals surface area contributed by atoms with Crippen LogP contribution in [0.4, 0.5) is 4.79 Å². The molecule has 0 aliphatic rings. The molecule has 0 bridgehead atoms. The van der Waals surface area contributed by atoms with E-state index in [4.69, 9.17) is 5.73 Å². The summed E-state index contributed by atoms with van der Waals surface area (Å²) in [5.41, 5.74) is 6.02. The maximum absolute atomic E-state index is 11.9. The molecule has 21 heavy (non-hydrogen) atoms. The highest BCUT2D eigenvalue weighted by Crippen LogP contribution is 1.97. The Kier molecular flexibility index (Phi) is 6.73. The van der Waals surface area contributed by atoms with Crippen LogP contribution in [0.25, 0.3) is 0 Å². The molecule has 0 saturated heterocycles. The van der Waals surface area contributed by atoms with E-state index in [0.717, 1.165) is 12.0 Å². The van der Waals surface area contributed by atoms with Crippen LogP contribution in [0.5, 0.6) is 0 Å². The average Bonchev–Trinajstić information content (AvgIpc) is 2.49. The van der Waals surface area contributed by atoms with Crippen LogP contribution >= 0.6 is 0 Å². The number of nitrogens with one attached hydrogen (secondary N) is 3. The fraction of sp³-hybridized carbons (Fsp3) is 0.357. The zero-order chi connectivity index (χ0) is 15.7. The summed E-state index contributed by atoms with van der Waals surface area (Å²) in [7, 11) is 0. The number of carbonyl (C=O) groups excluding carboxylic acids is 3. The van der Waals surface area contributed by atoms with E-state index >= 15 is 0 Å². The summed E-state index contributed by atoms with van der Waals surface area (Å²) in [6, 6.07) is 7.20. The molecule has 1 aromatic carbocycles. The lowest BCUT2D eigenvalue weighted by molar-refractivity contribution is -0.130. The van der Waals surface area contributed by atoms with Gasteiger partial charge in [-0.25, -0.2) is 4.79 Å². The van der Waals surface area contributed by atoms with Crippen LogP contribution in [0.2, 0.25) is 0 Å². The van der Waals surface area contributed by atoms with Crippen LogP contribution in [-0.4, -0.2) is 30.4 Å². The SMILES string of the molecule is CCCNC(=O)NC(C(N)=O)C(=O)NCc1ccccc1. The number of nitrogens with two attached hydrogens (primary N) is 1. The van der Waals surface area contributed by atoms with E-state index in [-0.39, 0.29) is 6.54 Å². The van der Waals surface area contributed by atoms with Gasteiger partial charge >= 0.3 is 6.03 Å². The standard InChI is InChI=1S/C14H20N4O3/c1-2-8-16-14(21)18-11(12(15)19)13(20)17-9-10-6-4-3-5-7-10/h3-7,11H,2,8-9H2,1H3,(H2,15,19)(H,17,20)(H2,16,18,21). The van der Waals surface area contributed by atoms with Gasteiger partial charge in [-0.15, -0.1) is 0 Å². The lowest BCUT2D eigenvalue weighted by Gasteiger charge is -2.15. The first kappa shape index (κ1) is 16.5. The van der Waals surface area contributed by atoms with Gasteiger partial charge in [-0.05, 0) is 12.0 Å². The zero-order valence-electron chi connectivity index (χ0n) is 11.9. The first-order valence-electron chi connectivity index (χ1n) is 6.70. The van der Waals surface area contributed by atoms with Crippen LogP contribution < -0.4 is 21.7 Å². The topological polar surface area (TPSA) is 113 Å². The molecule has 0 saturated carbocycles. The van der Waals surface area contributed by atoms with Crippen molar-refractivity contribution in [1.82, 2.24) is 16.0 Å². The average molecular weight is 292 g/mol. The Balaban J connectivity index is 2.53. The van der Waals surface area contributed by atoms with Crippen molar-refractivity contribution in [3.8, 4) is 0 Å². The van der Waals surface area contributed by atoms with E-state index in [0.29, 0.717) is 6.54 Å². The highest BCUT2D eigenvalue weighted by atomic mass is 16.2. The van der Waals surface area contributed by atoms with Gasteiger partial charge < -0.3 is 21.7 Å². The predicted molar refractivity (Wildman–Crippen MR) is 78.1 cm³/mol. The van der Waals surface area contributed by atoms with Gasteiger partial charge in [0.15, 0.2) is 6.04 Å². The fourth-order valence-corrected chi connectivity index (χ4v) is 1.57. The van der Waals surface area contributed by atoms with Crippen LogP contribution in [-0.2, 0) is 16.1 Å². The van der Waals surface area contributed by atoms with Crippen LogP contribution in [0.15, 0.2) is 30.3 Å². The molecule has 7 heteroatoms. The molecule has 7 nitrogen and oxygen atoms in total. The van der Waals surface area contributed by atoms with Gasteiger partial charge in [0.2, 0.25) is 5.91 Å². The van der Waals surface area contributed by atoms with Crippen molar-refractivity contribution in [1.29, 1.82) is 0 Å². The number of rotatable bonds is 7. The molecule has 0 heterocycles. The summed E-state index contributed by atoms with van der Waals surface area (Å²) in [5.74, 6) is -1.55. The van der Waals surface area contributed by atoms with Crippen molar-refractivity contribution in [3.05, 3.63) is 35.9 Å². The minimum absolute atomic E-state index is 0.252.